The number of carbonyl (C=O) groups excluding carboxylic acids is 1. The number of nitrogens with one attached hydrogen (secondary N) is 1. The summed E-state index contributed by atoms with van der Waals surface area (Å²) in [6, 6.07) is 31.3. The van der Waals surface area contributed by atoms with E-state index in [4.69, 9.17) is 9.47 Å². The van der Waals surface area contributed by atoms with Crippen LogP contribution in [0.25, 0.3) is 0 Å². The van der Waals surface area contributed by atoms with E-state index in [-0.39, 0.29) is 6.61 Å². The zero-order valence-electron chi connectivity index (χ0n) is 22.9. The van der Waals surface area contributed by atoms with Gasteiger partial charge in [-0.1, -0.05) is 129 Å². The van der Waals surface area contributed by atoms with Crippen LogP contribution in [0.15, 0.2) is 116 Å². The number of alkyl carbamates (subject to hydrolysis) is 1. The second kappa shape index (κ2) is 14.5. The van der Waals surface area contributed by atoms with Gasteiger partial charge in [0.25, 0.3) is 0 Å². The van der Waals surface area contributed by atoms with Gasteiger partial charge in [-0.3, -0.25) is 0 Å². The minimum absolute atomic E-state index is 0.219. The van der Waals surface area contributed by atoms with Gasteiger partial charge in [0, 0.05) is 8.07 Å². The number of hydrogen-bond acceptors (Lipinski definition) is 3. The number of ether oxygens (including phenoxy) is 2. The third-order valence-electron chi connectivity index (χ3n) is 6.25. The van der Waals surface area contributed by atoms with E-state index in [1.165, 1.54) is 6.04 Å². The zero-order chi connectivity index (χ0) is 27.3. The molecule has 200 valence electrons. The van der Waals surface area contributed by atoms with Crippen molar-refractivity contribution < 1.29 is 14.3 Å². The van der Waals surface area contributed by atoms with Crippen molar-refractivity contribution in [1.82, 2.24) is 5.32 Å². The zero-order valence-corrected chi connectivity index (χ0v) is 23.9. The molecule has 0 aliphatic carbocycles. The molecule has 3 aromatic rings. The molecule has 1 atom stereocenters. The van der Waals surface area contributed by atoms with Crippen LogP contribution in [-0.4, -0.2) is 33.4 Å². The molecule has 0 saturated heterocycles. The van der Waals surface area contributed by atoms with Crippen LogP contribution in [0.5, 0.6) is 0 Å². The van der Waals surface area contributed by atoms with E-state index in [1.54, 1.807) is 6.08 Å². The summed E-state index contributed by atoms with van der Waals surface area (Å²) in [4.78, 5) is 12.5. The highest BCUT2D eigenvalue weighted by Crippen LogP contribution is 2.40. The van der Waals surface area contributed by atoms with Crippen LogP contribution in [0, 0.1) is 0 Å². The molecule has 1 unspecified atom stereocenters. The summed E-state index contributed by atoms with van der Waals surface area (Å²) in [5.74, 6) is 0. The fourth-order valence-corrected chi connectivity index (χ4v) is 5.14. The van der Waals surface area contributed by atoms with Crippen LogP contribution in [0.3, 0.4) is 0 Å². The molecule has 0 spiro atoms. The SMILES string of the molecule is C=CC(COC(c1ccccc1)(c1ccccc1)c1ccccc1)NC(=O)OCCC/C=C/C[Si](C)(C)C. The Balaban J connectivity index is 1.69. The van der Waals surface area contributed by atoms with Crippen LogP contribution < -0.4 is 5.32 Å². The van der Waals surface area contributed by atoms with Gasteiger partial charge in [0.15, 0.2) is 0 Å². The highest BCUT2D eigenvalue weighted by Gasteiger charge is 2.38. The van der Waals surface area contributed by atoms with Crippen LogP contribution >= 0.6 is 0 Å². The van der Waals surface area contributed by atoms with E-state index in [0.717, 1.165) is 29.5 Å². The maximum absolute atomic E-state index is 12.5. The Morgan fingerprint density at radius 3 is 1.82 bits per heavy atom. The largest absolute Gasteiger partial charge is 0.450 e. The second-order valence-electron chi connectivity index (χ2n) is 10.6. The normalized spacial score (nSPS) is 12.7. The molecule has 0 aromatic heterocycles. The predicted molar refractivity (Wildman–Crippen MR) is 160 cm³/mol. The van der Waals surface area contributed by atoms with Crippen molar-refractivity contribution in [3.63, 3.8) is 0 Å². The molecule has 3 rings (SSSR count). The molecule has 1 amide bonds. The van der Waals surface area contributed by atoms with Crippen LogP contribution in [0.1, 0.15) is 29.5 Å². The van der Waals surface area contributed by atoms with Gasteiger partial charge in [-0.15, -0.1) is 6.58 Å². The Kier molecular flexibility index (Phi) is 11.1. The third kappa shape index (κ3) is 8.57. The van der Waals surface area contributed by atoms with E-state index >= 15 is 0 Å². The van der Waals surface area contributed by atoms with Gasteiger partial charge in [0.1, 0.15) is 5.60 Å². The Labute approximate surface area is 229 Å². The van der Waals surface area contributed by atoms with Crippen LogP contribution in [0.2, 0.25) is 25.7 Å². The second-order valence-corrected chi connectivity index (χ2v) is 16.1. The summed E-state index contributed by atoms with van der Waals surface area (Å²) < 4.78 is 12.2. The topological polar surface area (TPSA) is 47.6 Å². The van der Waals surface area contributed by atoms with Crippen LogP contribution in [0.4, 0.5) is 4.79 Å². The minimum Gasteiger partial charge on any atom is -0.450 e. The molecule has 0 fully saturated rings. The van der Waals surface area contributed by atoms with E-state index < -0.39 is 25.8 Å². The minimum atomic E-state index is -1.06. The lowest BCUT2D eigenvalue weighted by Crippen LogP contribution is -2.41. The summed E-state index contributed by atoms with van der Waals surface area (Å²) in [5, 5.41) is 2.90. The number of unbranched alkanes of at least 4 members (excludes halogenated alkanes) is 1. The first-order valence-corrected chi connectivity index (χ1v) is 17.1. The van der Waals surface area contributed by atoms with Gasteiger partial charge in [-0.2, -0.15) is 0 Å². The number of carbonyl (C=O) groups is 1. The molecule has 0 bridgehead atoms. The molecule has 4 nitrogen and oxygen atoms in total. The maximum Gasteiger partial charge on any atom is 0.407 e. The highest BCUT2D eigenvalue weighted by molar-refractivity contribution is 6.76. The Bertz CT molecular complexity index is 1040. The first-order valence-electron chi connectivity index (χ1n) is 13.4. The van der Waals surface area contributed by atoms with Crippen molar-refractivity contribution in [2.24, 2.45) is 0 Å². The maximum atomic E-state index is 12.5. The predicted octanol–water partition coefficient (Wildman–Crippen LogP) is 7.95. The molecular formula is C33H41NO3Si. The molecule has 0 aliphatic heterocycles. The summed E-state index contributed by atoms with van der Waals surface area (Å²) in [6.07, 6.45) is 7.37. The lowest BCUT2D eigenvalue weighted by atomic mass is 9.80. The number of rotatable bonds is 14. The first kappa shape index (κ1) is 29.1. The number of hydrogen-bond donors (Lipinski definition) is 1. The Morgan fingerprint density at radius 2 is 1.37 bits per heavy atom. The molecule has 0 heterocycles. The summed E-state index contributed by atoms with van der Waals surface area (Å²) >= 11 is 0. The van der Waals surface area contributed by atoms with Gasteiger partial charge in [-0.25, -0.2) is 4.79 Å². The van der Waals surface area contributed by atoms with Gasteiger partial charge in [0.05, 0.1) is 19.3 Å². The van der Waals surface area contributed by atoms with E-state index in [1.807, 2.05) is 54.6 Å². The standard InChI is InChI=1S/C33H41NO3Si/c1-5-31(34-32(35)36-25-17-6-7-18-26-38(2,3)4)27-37-33(28-19-11-8-12-20-28,29-21-13-9-14-22-29)30-23-15-10-16-24-30/h5,7-16,18-24,31H,1,6,17,25-27H2,2-4H3,(H,34,35)/b18-7+. The van der Waals surface area contributed by atoms with Crippen molar-refractivity contribution in [3.05, 3.63) is 132 Å². The Morgan fingerprint density at radius 1 is 0.868 bits per heavy atom. The molecule has 38 heavy (non-hydrogen) atoms. The van der Waals surface area contributed by atoms with E-state index in [2.05, 4.69) is 80.1 Å². The molecule has 0 saturated carbocycles. The molecule has 0 aliphatic rings. The van der Waals surface area contributed by atoms with Crippen LogP contribution in [-0.2, 0) is 15.1 Å². The molecule has 5 heteroatoms. The van der Waals surface area contributed by atoms with E-state index in [0.29, 0.717) is 6.61 Å². The van der Waals surface area contributed by atoms with Crippen molar-refractivity contribution in [3.8, 4) is 0 Å². The van der Waals surface area contributed by atoms with Gasteiger partial charge < -0.3 is 14.8 Å². The number of benzene rings is 3. The third-order valence-corrected chi connectivity index (χ3v) is 7.71. The highest BCUT2D eigenvalue weighted by atomic mass is 28.3. The quantitative estimate of drug-likeness (QED) is 0.100. The van der Waals surface area contributed by atoms with Gasteiger partial charge >= 0.3 is 6.09 Å². The van der Waals surface area contributed by atoms with Crippen molar-refractivity contribution >= 4 is 14.2 Å². The van der Waals surface area contributed by atoms with E-state index in [9.17, 15) is 4.79 Å². The average Bonchev–Trinajstić information content (AvgIpc) is 2.93. The fourth-order valence-electron chi connectivity index (χ4n) is 4.27. The number of amides is 1. The lowest BCUT2D eigenvalue weighted by molar-refractivity contribution is 0.00576. The monoisotopic (exact) mass is 527 g/mol. The molecule has 0 radical (unpaired) electrons. The molecule has 3 aromatic carbocycles. The molecule has 1 N–H and O–H groups in total. The molecular weight excluding hydrogens is 486 g/mol. The van der Waals surface area contributed by atoms with Crippen molar-refractivity contribution in [1.29, 1.82) is 0 Å². The fraction of sp³-hybridized carbons (Fsp3) is 0.303. The van der Waals surface area contributed by atoms with Gasteiger partial charge in [-0.05, 0) is 35.6 Å². The van der Waals surface area contributed by atoms with Gasteiger partial charge in [0.2, 0.25) is 0 Å². The summed E-state index contributed by atoms with van der Waals surface area (Å²) in [6.45, 7) is 11.6. The average molecular weight is 528 g/mol. The summed E-state index contributed by atoms with van der Waals surface area (Å²) in [7, 11) is -1.06. The van der Waals surface area contributed by atoms with Crippen molar-refractivity contribution in [2.75, 3.05) is 13.2 Å². The number of allylic oxidation sites excluding steroid dienone is 2. The summed E-state index contributed by atoms with van der Waals surface area (Å²) in [5.41, 5.74) is 2.15. The lowest BCUT2D eigenvalue weighted by Gasteiger charge is -2.37. The Hall–Kier alpha value is -3.41. The smallest absolute Gasteiger partial charge is 0.407 e. The van der Waals surface area contributed by atoms with Crippen molar-refractivity contribution in [2.45, 2.75) is 50.2 Å². The first-order chi connectivity index (χ1) is 18.3.